The van der Waals surface area contributed by atoms with Crippen molar-refractivity contribution < 1.29 is 9.21 Å². The van der Waals surface area contributed by atoms with Crippen LogP contribution in [0.2, 0.25) is 0 Å². The van der Waals surface area contributed by atoms with Crippen molar-refractivity contribution >= 4 is 38.3 Å². The van der Waals surface area contributed by atoms with Crippen LogP contribution in [0.5, 0.6) is 0 Å². The summed E-state index contributed by atoms with van der Waals surface area (Å²) < 4.78 is 5.44. The molecule has 0 radical (unpaired) electrons. The molecule has 4 nitrogen and oxygen atoms in total. The van der Waals surface area contributed by atoms with Crippen LogP contribution in [0.25, 0.3) is 0 Å². The molecule has 0 unspecified atom stereocenters. The third-order valence-corrected chi connectivity index (χ3v) is 3.85. The van der Waals surface area contributed by atoms with Crippen LogP contribution in [0.4, 0.5) is 5.13 Å². The van der Waals surface area contributed by atoms with E-state index in [1.54, 1.807) is 6.07 Å². The zero-order valence-electron chi connectivity index (χ0n) is 9.41. The van der Waals surface area contributed by atoms with E-state index in [0.717, 1.165) is 17.0 Å². The number of carbonyl (C=O) groups excluding carboxylic acids is 1. The van der Waals surface area contributed by atoms with Gasteiger partial charge in [0, 0.05) is 4.88 Å². The van der Waals surface area contributed by atoms with Crippen molar-refractivity contribution in [1.29, 1.82) is 0 Å². The summed E-state index contributed by atoms with van der Waals surface area (Å²) in [4.78, 5) is 17.4. The highest BCUT2D eigenvalue weighted by molar-refractivity contribution is 9.10. The highest BCUT2D eigenvalue weighted by Gasteiger charge is 2.15. The standard InChI is InChI=1S/C11H11BrN2O2S/c1-3-8-6(2)17-11(13-8)14-10(15)7-4-5-16-9(7)12/h4-5H,3H2,1-2H3,(H,13,14,15). The SMILES string of the molecule is CCc1nc(NC(=O)c2ccoc2Br)sc1C. The van der Waals surface area contributed by atoms with E-state index >= 15 is 0 Å². The van der Waals surface area contributed by atoms with Gasteiger partial charge in [0.25, 0.3) is 5.91 Å². The van der Waals surface area contributed by atoms with Gasteiger partial charge in [-0.25, -0.2) is 4.98 Å². The van der Waals surface area contributed by atoms with Crippen molar-refractivity contribution in [2.24, 2.45) is 0 Å². The number of anilines is 1. The van der Waals surface area contributed by atoms with Gasteiger partial charge in [0.15, 0.2) is 9.80 Å². The molecule has 2 aromatic heterocycles. The van der Waals surface area contributed by atoms with Crippen LogP contribution in [0.1, 0.15) is 27.9 Å². The Kier molecular flexibility index (Phi) is 3.63. The summed E-state index contributed by atoms with van der Waals surface area (Å²) in [7, 11) is 0. The van der Waals surface area contributed by atoms with Gasteiger partial charge < -0.3 is 4.42 Å². The van der Waals surface area contributed by atoms with Crippen LogP contribution < -0.4 is 5.32 Å². The summed E-state index contributed by atoms with van der Waals surface area (Å²) in [6.07, 6.45) is 2.33. The maximum absolute atomic E-state index is 11.9. The summed E-state index contributed by atoms with van der Waals surface area (Å²) in [5.74, 6) is -0.220. The van der Waals surface area contributed by atoms with Crippen molar-refractivity contribution in [2.75, 3.05) is 5.32 Å². The number of aromatic nitrogens is 1. The number of nitrogens with one attached hydrogen (secondary N) is 1. The Hall–Kier alpha value is -1.14. The van der Waals surface area contributed by atoms with E-state index in [9.17, 15) is 4.79 Å². The number of halogens is 1. The molecule has 0 aromatic carbocycles. The highest BCUT2D eigenvalue weighted by atomic mass is 79.9. The highest BCUT2D eigenvalue weighted by Crippen LogP contribution is 2.24. The fraction of sp³-hybridized carbons (Fsp3) is 0.273. The summed E-state index contributed by atoms with van der Waals surface area (Å²) >= 11 is 4.65. The Morgan fingerprint density at radius 1 is 1.65 bits per heavy atom. The van der Waals surface area contributed by atoms with Gasteiger partial charge in [-0.3, -0.25) is 10.1 Å². The maximum Gasteiger partial charge on any atom is 0.261 e. The summed E-state index contributed by atoms with van der Waals surface area (Å²) in [6, 6.07) is 1.61. The molecule has 0 atom stereocenters. The van der Waals surface area contributed by atoms with Crippen LogP contribution in [0.3, 0.4) is 0 Å². The first-order valence-electron chi connectivity index (χ1n) is 5.12. The molecule has 1 amide bonds. The van der Waals surface area contributed by atoms with Crippen molar-refractivity contribution in [3.63, 3.8) is 0 Å². The molecule has 0 aliphatic heterocycles. The maximum atomic E-state index is 11.9. The molecule has 17 heavy (non-hydrogen) atoms. The fourth-order valence-corrected chi connectivity index (χ4v) is 2.75. The predicted molar refractivity (Wildman–Crippen MR) is 70.6 cm³/mol. The fourth-order valence-electron chi connectivity index (χ4n) is 1.43. The molecular weight excluding hydrogens is 304 g/mol. The van der Waals surface area contributed by atoms with Gasteiger partial charge in [0.05, 0.1) is 17.5 Å². The largest absolute Gasteiger partial charge is 0.457 e. The van der Waals surface area contributed by atoms with Crippen LogP contribution in [0.15, 0.2) is 21.4 Å². The molecule has 0 bridgehead atoms. The molecule has 6 heteroatoms. The van der Waals surface area contributed by atoms with Crippen molar-refractivity contribution in [3.8, 4) is 0 Å². The Balaban J connectivity index is 2.16. The molecule has 0 aliphatic rings. The van der Waals surface area contributed by atoms with Crippen molar-refractivity contribution in [3.05, 3.63) is 33.1 Å². The van der Waals surface area contributed by atoms with Gasteiger partial charge in [-0.05, 0) is 35.3 Å². The summed E-state index contributed by atoms with van der Waals surface area (Å²) in [6.45, 7) is 4.04. The normalized spacial score (nSPS) is 10.5. The van der Waals surface area contributed by atoms with E-state index in [1.165, 1.54) is 17.6 Å². The third-order valence-electron chi connectivity index (χ3n) is 2.31. The zero-order valence-corrected chi connectivity index (χ0v) is 11.8. The first-order valence-corrected chi connectivity index (χ1v) is 6.73. The van der Waals surface area contributed by atoms with E-state index in [4.69, 9.17) is 4.42 Å². The molecule has 0 saturated heterocycles. The molecule has 0 saturated carbocycles. The summed E-state index contributed by atoms with van der Waals surface area (Å²) in [5.41, 5.74) is 1.49. The Morgan fingerprint density at radius 2 is 2.41 bits per heavy atom. The Bertz CT molecular complexity index is 547. The molecule has 1 N–H and O–H groups in total. The number of carbonyl (C=O) groups is 1. The molecule has 0 fully saturated rings. The van der Waals surface area contributed by atoms with Gasteiger partial charge in [-0.15, -0.1) is 11.3 Å². The first kappa shape index (κ1) is 12.3. The quantitative estimate of drug-likeness (QED) is 0.941. The topological polar surface area (TPSA) is 55.1 Å². The van der Waals surface area contributed by atoms with Crippen molar-refractivity contribution in [1.82, 2.24) is 4.98 Å². The average molecular weight is 315 g/mol. The second kappa shape index (κ2) is 5.01. The third kappa shape index (κ3) is 2.58. The minimum absolute atomic E-state index is 0.220. The lowest BCUT2D eigenvalue weighted by molar-refractivity contribution is 0.102. The van der Waals surface area contributed by atoms with E-state index in [2.05, 4.69) is 26.2 Å². The van der Waals surface area contributed by atoms with Crippen LogP contribution in [0, 0.1) is 6.92 Å². The minimum Gasteiger partial charge on any atom is -0.457 e. The molecule has 90 valence electrons. The minimum atomic E-state index is -0.220. The number of nitrogens with zero attached hydrogens (tertiary/aromatic N) is 1. The predicted octanol–water partition coefficient (Wildman–Crippen LogP) is 3.62. The van der Waals surface area contributed by atoms with Crippen molar-refractivity contribution in [2.45, 2.75) is 20.3 Å². The smallest absolute Gasteiger partial charge is 0.261 e. The monoisotopic (exact) mass is 314 g/mol. The number of hydrogen-bond acceptors (Lipinski definition) is 4. The Morgan fingerprint density at radius 3 is 2.94 bits per heavy atom. The van der Waals surface area contributed by atoms with Crippen LogP contribution >= 0.6 is 27.3 Å². The molecule has 2 aromatic rings. The van der Waals surface area contributed by atoms with Gasteiger partial charge >= 0.3 is 0 Å². The number of rotatable bonds is 3. The number of amides is 1. The molecule has 0 spiro atoms. The van der Waals surface area contributed by atoms with E-state index in [1.807, 2.05) is 13.8 Å². The Labute approximate surface area is 111 Å². The van der Waals surface area contributed by atoms with E-state index < -0.39 is 0 Å². The number of furan rings is 1. The lowest BCUT2D eigenvalue weighted by atomic mass is 10.3. The lowest BCUT2D eigenvalue weighted by Crippen LogP contribution is -2.11. The van der Waals surface area contributed by atoms with Gasteiger partial charge in [-0.1, -0.05) is 6.92 Å². The zero-order chi connectivity index (χ0) is 12.4. The first-order chi connectivity index (χ1) is 8.11. The van der Waals surface area contributed by atoms with Crippen LogP contribution in [-0.4, -0.2) is 10.9 Å². The van der Waals surface area contributed by atoms with E-state index in [-0.39, 0.29) is 5.91 Å². The molecule has 0 aliphatic carbocycles. The second-order valence-corrected chi connectivity index (χ2v) is 5.36. The lowest BCUT2D eigenvalue weighted by Gasteiger charge is -1.98. The molecular formula is C11H11BrN2O2S. The summed E-state index contributed by atoms with van der Waals surface area (Å²) in [5, 5.41) is 3.38. The molecule has 2 rings (SSSR count). The van der Waals surface area contributed by atoms with Gasteiger partial charge in [0.2, 0.25) is 0 Å². The number of hydrogen-bond donors (Lipinski definition) is 1. The average Bonchev–Trinajstić information content (AvgIpc) is 2.84. The van der Waals surface area contributed by atoms with Gasteiger partial charge in [0.1, 0.15) is 0 Å². The second-order valence-electron chi connectivity index (χ2n) is 3.44. The molecule has 2 heterocycles. The van der Waals surface area contributed by atoms with Crippen LogP contribution in [-0.2, 0) is 6.42 Å². The number of thiazole rings is 1. The van der Waals surface area contributed by atoms with Gasteiger partial charge in [-0.2, -0.15) is 0 Å². The number of aryl methyl sites for hydroxylation is 2. The van der Waals surface area contributed by atoms with E-state index in [0.29, 0.717) is 15.4 Å².